The van der Waals surface area contributed by atoms with Crippen LogP contribution in [0.1, 0.15) is 13.3 Å². The molecule has 0 unspecified atom stereocenters. The minimum atomic E-state index is -4.67. The first-order chi connectivity index (χ1) is 12.8. The average Bonchev–Trinajstić information content (AvgIpc) is 2.55. The van der Waals surface area contributed by atoms with Crippen molar-refractivity contribution in [2.24, 2.45) is 0 Å². The number of nitrogens with one attached hydrogen (secondary N) is 2. The van der Waals surface area contributed by atoms with E-state index in [1.54, 1.807) is 21.0 Å². The topological polar surface area (TPSA) is 204 Å². The minimum Gasteiger partial charge on any atom is -0.390 e. The van der Waals surface area contributed by atoms with Gasteiger partial charge in [0.2, 0.25) is 6.29 Å². The maximum absolute atomic E-state index is 12.2. The molecule has 0 radical (unpaired) electrons. The Bertz CT molecular complexity index is 668. The van der Waals surface area contributed by atoms with E-state index in [9.17, 15) is 20.1 Å². The van der Waals surface area contributed by atoms with Crippen LogP contribution >= 0.6 is 0 Å². The van der Waals surface area contributed by atoms with Crippen LogP contribution in [-0.4, -0.2) is 107 Å². The number of carbonyl (C=O) groups is 1. The van der Waals surface area contributed by atoms with Crippen molar-refractivity contribution in [3.05, 3.63) is 0 Å². The summed E-state index contributed by atoms with van der Waals surface area (Å²) < 4.78 is 48.4. The van der Waals surface area contributed by atoms with Crippen molar-refractivity contribution < 1.29 is 51.8 Å². The zero-order chi connectivity index (χ0) is 21.4. The summed E-state index contributed by atoms with van der Waals surface area (Å²) in [6, 6.07) is -1.29. The predicted octanol–water partition coefficient (Wildman–Crippen LogP) is -3.58. The van der Waals surface area contributed by atoms with E-state index in [-0.39, 0.29) is 6.42 Å². The first-order valence-corrected chi connectivity index (χ1v) is 9.88. The van der Waals surface area contributed by atoms with Gasteiger partial charge in [-0.2, -0.15) is 8.42 Å². The van der Waals surface area contributed by atoms with Crippen LogP contribution in [0, 0.1) is 0 Å². The van der Waals surface area contributed by atoms with E-state index in [0.29, 0.717) is 0 Å². The molecule has 9 atom stereocenters. The second-order valence-corrected chi connectivity index (χ2v) is 7.74. The fraction of sp³-hybridized carbons (Fsp3) is 0.929. The molecule has 2 saturated heterocycles. The van der Waals surface area contributed by atoms with E-state index in [0.717, 1.165) is 0 Å². The lowest BCUT2D eigenvalue weighted by atomic mass is 9.80. The molecule has 2 heterocycles. The van der Waals surface area contributed by atoms with Crippen molar-refractivity contribution in [2.45, 2.75) is 68.0 Å². The standard InChI is InChI=1S/C14H24N2O7.H2O4S/c1-5-4-6(17)14(20)13(21-5)22-12-10(19)7(15-2)9(18)8(16-3)11(12)23-14;1-5(2,3)4/h5,7-13,15-16,18-20H,4H2,1-3H3;(H2,1,2,3,4)/t5-,7-,8+,9+,10+,11-,12-,13+,14-;/m1./s1. The lowest BCUT2D eigenvalue weighted by Crippen LogP contribution is -2.77. The summed E-state index contributed by atoms with van der Waals surface area (Å²) in [5.41, 5.74) is 0. The maximum atomic E-state index is 12.2. The van der Waals surface area contributed by atoms with E-state index < -0.39 is 70.9 Å². The predicted molar refractivity (Wildman–Crippen MR) is 90.5 cm³/mol. The normalized spacial score (nSPS) is 46.1. The molecule has 1 saturated carbocycles. The number of ketones is 1. The average molecular weight is 430 g/mol. The molecule has 1 aliphatic carbocycles. The Morgan fingerprint density at radius 2 is 1.57 bits per heavy atom. The number of rotatable bonds is 2. The molecule has 28 heavy (non-hydrogen) atoms. The SMILES string of the molecule is CN[C@@H]1[C@H](O)[C@H](NC)[C@H]2O[C@]3(O)C(=O)C[C@@H](C)O[C@H]3O[C@@H]2[C@H]1O.O=S(=O)(O)O. The summed E-state index contributed by atoms with van der Waals surface area (Å²) in [7, 11) is -1.43. The Balaban J connectivity index is 0.000000500. The number of hydrogen-bond donors (Lipinski definition) is 7. The highest BCUT2D eigenvalue weighted by atomic mass is 32.3. The lowest BCUT2D eigenvalue weighted by molar-refractivity contribution is -0.420. The van der Waals surface area contributed by atoms with Crippen LogP contribution < -0.4 is 10.6 Å². The number of Topliss-reactive ketones (excluding diaryl/α,β-unsaturated/α-hetero) is 1. The first-order valence-electron chi connectivity index (χ1n) is 8.48. The Hall–Kier alpha value is -0.780. The second-order valence-electron chi connectivity index (χ2n) is 6.84. The van der Waals surface area contributed by atoms with Gasteiger partial charge in [0.1, 0.15) is 18.3 Å². The monoisotopic (exact) mass is 430 g/mol. The fourth-order valence-electron chi connectivity index (χ4n) is 3.68. The molecule has 14 heteroatoms. The third-order valence-corrected chi connectivity index (χ3v) is 4.93. The van der Waals surface area contributed by atoms with E-state index in [1.165, 1.54) is 0 Å². The van der Waals surface area contributed by atoms with Crippen molar-refractivity contribution in [3.63, 3.8) is 0 Å². The zero-order valence-electron chi connectivity index (χ0n) is 15.4. The van der Waals surface area contributed by atoms with Gasteiger partial charge in [-0.3, -0.25) is 13.9 Å². The minimum absolute atomic E-state index is 0.00220. The van der Waals surface area contributed by atoms with Gasteiger partial charge in [0.25, 0.3) is 5.79 Å². The molecule has 0 amide bonds. The number of hydrogen-bond acceptors (Lipinski definition) is 11. The van der Waals surface area contributed by atoms with Crippen LogP contribution in [0.2, 0.25) is 0 Å². The molecule has 7 N–H and O–H groups in total. The van der Waals surface area contributed by atoms with Crippen LogP contribution in [0.3, 0.4) is 0 Å². The Morgan fingerprint density at radius 1 is 1.04 bits per heavy atom. The largest absolute Gasteiger partial charge is 0.394 e. The fourth-order valence-corrected chi connectivity index (χ4v) is 3.68. The number of ether oxygens (including phenoxy) is 3. The highest BCUT2D eigenvalue weighted by molar-refractivity contribution is 7.79. The van der Waals surface area contributed by atoms with Crippen LogP contribution in [0.5, 0.6) is 0 Å². The summed E-state index contributed by atoms with van der Waals surface area (Å²) in [5, 5.41) is 37.2. The van der Waals surface area contributed by atoms with Crippen molar-refractivity contribution in [2.75, 3.05) is 14.1 Å². The quantitative estimate of drug-likeness (QED) is 0.212. The molecule has 0 bridgehead atoms. The van der Waals surface area contributed by atoms with E-state index in [2.05, 4.69) is 10.6 Å². The Morgan fingerprint density at radius 3 is 2.07 bits per heavy atom. The number of likely N-dealkylation sites (N-methyl/N-ethyl adjacent to an activating group) is 2. The van der Waals surface area contributed by atoms with E-state index in [1.807, 2.05) is 0 Å². The molecule has 2 aliphatic heterocycles. The number of aliphatic hydroxyl groups is 3. The highest BCUT2D eigenvalue weighted by Gasteiger charge is 2.63. The Kier molecular flexibility index (Phi) is 7.16. The van der Waals surface area contributed by atoms with E-state index in [4.69, 9.17) is 31.7 Å². The molecule has 13 nitrogen and oxygen atoms in total. The molecular formula is C14H26N2O11S. The summed E-state index contributed by atoms with van der Waals surface area (Å²) >= 11 is 0. The van der Waals surface area contributed by atoms with Crippen LogP contribution in [-0.2, 0) is 29.4 Å². The van der Waals surface area contributed by atoms with Gasteiger partial charge < -0.3 is 40.2 Å². The van der Waals surface area contributed by atoms with Gasteiger partial charge in [0.05, 0.1) is 24.3 Å². The lowest BCUT2D eigenvalue weighted by Gasteiger charge is -2.55. The smallest absolute Gasteiger partial charge is 0.390 e. The summed E-state index contributed by atoms with van der Waals surface area (Å²) in [5.74, 6) is -2.76. The number of carbonyl (C=O) groups excluding carboxylic acids is 1. The molecule has 3 rings (SSSR count). The third kappa shape index (κ3) is 4.68. The van der Waals surface area contributed by atoms with Gasteiger partial charge in [-0.15, -0.1) is 0 Å². The molecule has 3 aliphatic rings. The first kappa shape index (κ1) is 23.5. The highest BCUT2D eigenvalue weighted by Crippen LogP contribution is 2.40. The van der Waals surface area contributed by atoms with Gasteiger partial charge in [0.15, 0.2) is 5.78 Å². The zero-order valence-corrected chi connectivity index (χ0v) is 16.2. The van der Waals surface area contributed by atoms with Crippen LogP contribution in [0.15, 0.2) is 0 Å². The van der Waals surface area contributed by atoms with Crippen molar-refractivity contribution in [3.8, 4) is 0 Å². The Labute approximate surface area is 161 Å². The number of fused-ring (bicyclic) bond motifs is 2. The van der Waals surface area contributed by atoms with Gasteiger partial charge in [-0.25, -0.2) is 0 Å². The van der Waals surface area contributed by atoms with Crippen LogP contribution in [0.4, 0.5) is 0 Å². The molecule has 0 aromatic carbocycles. The molecule has 164 valence electrons. The molecule has 3 fully saturated rings. The number of aliphatic hydroxyl groups excluding tert-OH is 2. The molecular weight excluding hydrogens is 404 g/mol. The van der Waals surface area contributed by atoms with E-state index >= 15 is 0 Å². The molecule has 0 aromatic rings. The summed E-state index contributed by atoms with van der Waals surface area (Å²) in [4.78, 5) is 12.2. The van der Waals surface area contributed by atoms with Gasteiger partial charge in [0, 0.05) is 6.42 Å². The van der Waals surface area contributed by atoms with Crippen LogP contribution in [0.25, 0.3) is 0 Å². The van der Waals surface area contributed by atoms with Crippen molar-refractivity contribution >= 4 is 16.2 Å². The van der Waals surface area contributed by atoms with Gasteiger partial charge in [-0.05, 0) is 21.0 Å². The summed E-state index contributed by atoms with van der Waals surface area (Å²) in [6.07, 6.45) is -5.58. The summed E-state index contributed by atoms with van der Waals surface area (Å²) in [6.45, 7) is 1.70. The maximum Gasteiger partial charge on any atom is 0.394 e. The third-order valence-electron chi connectivity index (χ3n) is 4.93. The molecule has 0 aromatic heterocycles. The van der Waals surface area contributed by atoms with Crippen molar-refractivity contribution in [1.82, 2.24) is 10.6 Å². The molecule has 0 spiro atoms. The second kappa shape index (κ2) is 8.53. The van der Waals surface area contributed by atoms with Gasteiger partial charge in [-0.1, -0.05) is 0 Å². The van der Waals surface area contributed by atoms with Gasteiger partial charge >= 0.3 is 10.4 Å². The van der Waals surface area contributed by atoms with Crippen molar-refractivity contribution in [1.29, 1.82) is 0 Å².